The first-order valence-corrected chi connectivity index (χ1v) is 6.69. The van der Waals surface area contributed by atoms with Crippen LogP contribution in [-0.2, 0) is 9.84 Å². The minimum absolute atomic E-state index is 0.186. The summed E-state index contributed by atoms with van der Waals surface area (Å²) >= 11 is 5.40. The van der Waals surface area contributed by atoms with Crippen molar-refractivity contribution >= 4 is 21.4 Å². The molecule has 0 radical (unpaired) electrons. The van der Waals surface area contributed by atoms with E-state index in [1.54, 1.807) is 6.07 Å². The molecule has 0 heterocycles. The second-order valence-electron chi connectivity index (χ2n) is 3.09. The smallest absolute Gasteiger partial charge is 0.179 e. The Morgan fingerprint density at radius 3 is 2.69 bits per heavy atom. The SMILES string of the molecule is N#Cc1c(F)cccc1S(=O)(=O)CCCCl. The summed E-state index contributed by atoms with van der Waals surface area (Å²) in [5, 5.41) is 8.71. The van der Waals surface area contributed by atoms with E-state index < -0.39 is 21.2 Å². The van der Waals surface area contributed by atoms with E-state index in [1.165, 1.54) is 12.1 Å². The molecule has 0 unspecified atom stereocenters. The van der Waals surface area contributed by atoms with E-state index in [1.807, 2.05) is 0 Å². The van der Waals surface area contributed by atoms with Crippen molar-refractivity contribution in [1.82, 2.24) is 0 Å². The van der Waals surface area contributed by atoms with Crippen molar-refractivity contribution < 1.29 is 12.8 Å². The number of hydrogen-bond donors (Lipinski definition) is 0. The summed E-state index contributed by atoms with van der Waals surface area (Å²) in [5.41, 5.74) is -0.433. The number of nitriles is 1. The Balaban J connectivity index is 3.24. The molecular formula is C10H9ClFNO2S. The van der Waals surface area contributed by atoms with Crippen molar-refractivity contribution in [1.29, 1.82) is 5.26 Å². The molecule has 0 saturated carbocycles. The van der Waals surface area contributed by atoms with Crippen LogP contribution in [0, 0.1) is 17.1 Å². The van der Waals surface area contributed by atoms with E-state index in [4.69, 9.17) is 16.9 Å². The highest BCUT2D eigenvalue weighted by Gasteiger charge is 2.20. The molecule has 0 aromatic heterocycles. The normalized spacial score (nSPS) is 11.1. The first kappa shape index (κ1) is 12.9. The van der Waals surface area contributed by atoms with Crippen LogP contribution in [-0.4, -0.2) is 20.1 Å². The summed E-state index contributed by atoms with van der Waals surface area (Å²) in [6.45, 7) is 0. The van der Waals surface area contributed by atoms with Crippen molar-refractivity contribution in [2.75, 3.05) is 11.6 Å². The molecule has 0 saturated heterocycles. The number of rotatable bonds is 4. The maximum atomic E-state index is 13.2. The fourth-order valence-corrected chi connectivity index (χ4v) is 3.00. The molecule has 1 aromatic carbocycles. The molecule has 0 bridgehead atoms. The summed E-state index contributed by atoms with van der Waals surface area (Å²) in [7, 11) is -3.63. The van der Waals surface area contributed by atoms with Crippen molar-refractivity contribution in [2.24, 2.45) is 0 Å². The lowest BCUT2D eigenvalue weighted by atomic mass is 10.2. The Morgan fingerprint density at radius 1 is 1.44 bits per heavy atom. The predicted molar refractivity (Wildman–Crippen MR) is 58.5 cm³/mol. The fraction of sp³-hybridized carbons (Fsp3) is 0.300. The lowest BCUT2D eigenvalue weighted by Gasteiger charge is -2.05. The van der Waals surface area contributed by atoms with E-state index in [2.05, 4.69) is 0 Å². The molecule has 0 aliphatic heterocycles. The highest BCUT2D eigenvalue weighted by molar-refractivity contribution is 7.91. The Morgan fingerprint density at radius 2 is 2.12 bits per heavy atom. The summed E-state index contributed by atoms with van der Waals surface area (Å²) < 4.78 is 36.7. The van der Waals surface area contributed by atoms with E-state index in [0.717, 1.165) is 6.07 Å². The molecule has 16 heavy (non-hydrogen) atoms. The number of hydrogen-bond acceptors (Lipinski definition) is 3. The van der Waals surface area contributed by atoms with Gasteiger partial charge in [0.25, 0.3) is 0 Å². The van der Waals surface area contributed by atoms with Crippen molar-refractivity contribution in [2.45, 2.75) is 11.3 Å². The second-order valence-corrected chi connectivity index (χ2v) is 5.54. The molecule has 1 rings (SSSR count). The van der Waals surface area contributed by atoms with Crippen molar-refractivity contribution in [3.8, 4) is 6.07 Å². The van der Waals surface area contributed by atoms with Crippen LogP contribution in [0.15, 0.2) is 23.1 Å². The van der Waals surface area contributed by atoms with Gasteiger partial charge in [0, 0.05) is 5.88 Å². The van der Waals surface area contributed by atoms with Crippen LogP contribution in [0.5, 0.6) is 0 Å². The number of halogens is 2. The molecule has 86 valence electrons. The van der Waals surface area contributed by atoms with Gasteiger partial charge in [0.1, 0.15) is 17.4 Å². The van der Waals surface area contributed by atoms with E-state index in [0.29, 0.717) is 0 Å². The average Bonchev–Trinajstić information content (AvgIpc) is 2.26. The minimum atomic E-state index is -3.63. The van der Waals surface area contributed by atoms with Gasteiger partial charge in [-0.25, -0.2) is 12.8 Å². The number of sulfone groups is 1. The number of alkyl halides is 1. The topological polar surface area (TPSA) is 57.9 Å². The molecule has 0 N–H and O–H groups in total. The van der Waals surface area contributed by atoms with Gasteiger partial charge in [0.15, 0.2) is 9.84 Å². The van der Waals surface area contributed by atoms with Crippen LogP contribution in [0.2, 0.25) is 0 Å². The molecule has 0 fully saturated rings. The largest absolute Gasteiger partial charge is 0.224 e. The summed E-state index contributed by atoms with van der Waals surface area (Å²) in [4.78, 5) is -0.264. The standard InChI is InChI=1S/C10H9ClFNO2S/c11-5-2-6-16(14,15)10-4-1-3-9(12)8(10)7-13/h1,3-4H,2,5-6H2. The Labute approximate surface area is 98.4 Å². The summed E-state index contributed by atoms with van der Waals surface area (Å²) in [5.74, 6) is -0.806. The third-order valence-corrected chi connectivity index (χ3v) is 4.07. The molecule has 0 spiro atoms. The second kappa shape index (κ2) is 5.28. The molecule has 0 aliphatic carbocycles. The maximum Gasteiger partial charge on any atom is 0.179 e. The molecule has 6 heteroatoms. The van der Waals surface area contributed by atoms with E-state index in [-0.39, 0.29) is 22.9 Å². The number of benzene rings is 1. The quantitative estimate of drug-likeness (QED) is 0.780. The predicted octanol–water partition coefficient (Wildman–Crippen LogP) is 2.10. The zero-order chi connectivity index (χ0) is 12.2. The average molecular weight is 262 g/mol. The molecule has 1 aromatic rings. The Hall–Kier alpha value is -1.12. The minimum Gasteiger partial charge on any atom is -0.224 e. The highest BCUT2D eigenvalue weighted by Crippen LogP contribution is 2.19. The molecule has 0 aliphatic rings. The molecule has 3 nitrogen and oxygen atoms in total. The zero-order valence-corrected chi connectivity index (χ0v) is 9.85. The molecular weight excluding hydrogens is 253 g/mol. The van der Waals surface area contributed by atoms with Crippen LogP contribution in [0.3, 0.4) is 0 Å². The third kappa shape index (κ3) is 2.71. The molecule has 0 amide bonds. The van der Waals surface area contributed by atoms with Gasteiger partial charge in [-0.05, 0) is 18.6 Å². The van der Waals surface area contributed by atoms with Gasteiger partial charge in [0.2, 0.25) is 0 Å². The monoisotopic (exact) mass is 261 g/mol. The lowest BCUT2D eigenvalue weighted by molar-refractivity contribution is 0.588. The number of nitrogens with zero attached hydrogens (tertiary/aromatic N) is 1. The van der Waals surface area contributed by atoms with Crippen molar-refractivity contribution in [3.05, 3.63) is 29.6 Å². The van der Waals surface area contributed by atoms with E-state index >= 15 is 0 Å². The van der Waals surface area contributed by atoms with Gasteiger partial charge in [0.05, 0.1) is 10.6 Å². The molecule has 0 atom stereocenters. The van der Waals surface area contributed by atoms with E-state index in [9.17, 15) is 12.8 Å². The zero-order valence-electron chi connectivity index (χ0n) is 8.28. The Bertz CT molecular complexity index is 522. The van der Waals surface area contributed by atoms with Gasteiger partial charge in [-0.1, -0.05) is 6.07 Å². The lowest BCUT2D eigenvalue weighted by Crippen LogP contribution is -2.10. The van der Waals surface area contributed by atoms with Gasteiger partial charge in [-0.2, -0.15) is 5.26 Å². The van der Waals surface area contributed by atoms with Gasteiger partial charge >= 0.3 is 0 Å². The summed E-state index contributed by atoms with van der Waals surface area (Å²) in [6, 6.07) is 5.11. The van der Waals surface area contributed by atoms with Crippen LogP contribution >= 0.6 is 11.6 Å². The summed E-state index contributed by atoms with van der Waals surface area (Å²) in [6.07, 6.45) is 0.269. The first-order chi connectivity index (χ1) is 7.53. The van der Waals surface area contributed by atoms with Crippen LogP contribution in [0.4, 0.5) is 4.39 Å². The van der Waals surface area contributed by atoms with Crippen LogP contribution in [0.25, 0.3) is 0 Å². The van der Waals surface area contributed by atoms with Crippen LogP contribution < -0.4 is 0 Å². The fourth-order valence-electron chi connectivity index (χ4n) is 1.23. The highest BCUT2D eigenvalue weighted by atomic mass is 35.5. The third-order valence-electron chi connectivity index (χ3n) is 1.97. The van der Waals surface area contributed by atoms with Crippen molar-refractivity contribution in [3.63, 3.8) is 0 Å². The van der Waals surface area contributed by atoms with Gasteiger partial charge in [-0.15, -0.1) is 11.6 Å². The first-order valence-electron chi connectivity index (χ1n) is 4.50. The maximum absolute atomic E-state index is 13.2. The van der Waals surface area contributed by atoms with Crippen LogP contribution in [0.1, 0.15) is 12.0 Å². The Kier molecular flexibility index (Phi) is 4.27. The van der Waals surface area contributed by atoms with Gasteiger partial charge in [-0.3, -0.25) is 0 Å². The van der Waals surface area contributed by atoms with Gasteiger partial charge < -0.3 is 0 Å².